The molecule has 1 aromatic rings. The van der Waals surface area contributed by atoms with Crippen molar-refractivity contribution in [2.24, 2.45) is 12.8 Å². The molecular weight excluding hydrogens is 184 g/mol. The van der Waals surface area contributed by atoms with Crippen molar-refractivity contribution in [3.05, 3.63) is 11.4 Å². The Kier molecular flexibility index (Phi) is 2.55. The van der Waals surface area contributed by atoms with Gasteiger partial charge in [0.1, 0.15) is 5.69 Å². The van der Waals surface area contributed by atoms with E-state index < -0.39 is 5.91 Å². The summed E-state index contributed by atoms with van der Waals surface area (Å²) in [7, 11) is 1.60. The van der Waals surface area contributed by atoms with Crippen LogP contribution in [0.5, 0.6) is 0 Å². The number of aryl methyl sites for hydroxylation is 2. The van der Waals surface area contributed by atoms with Crippen molar-refractivity contribution >= 4 is 17.5 Å². The third-order valence-corrected chi connectivity index (χ3v) is 1.76. The van der Waals surface area contributed by atoms with Crippen LogP contribution in [0.3, 0.4) is 0 Å². The maximum atomic E-state index is 11.0. The van der Waals surface area contributed by atoms with E-state index in [0.29, 0.717) is 11.4 Å². The Balaban J connectivity index is 3.24. The molecule has 0 radical (unpaired) electrons. The summed E-state index contributed by atoms with van der Waals surface area (Å²) in [5.41, 5.74) is 6.31. The summed E-state index contributed by atoms with van der Waals surface area (Å²) in [6.45, 7) is 3.05. The van der Waals surface area contributed by atoms with E-state index in [1.54, 1.807) is 14.0 Å². The van der Waals surface area contributed by atoms with E-state index in [-0.39, 0.29) is 11.6 Å². The number of rotatable bonds is 2. The van der Waals surface area contributed by atoms with Crippen molar-refractivity contribution in [2.75, 3.05) is 5.32 Å². The van der Waals surface area contributed by atoms with Gasteiger partial charge in [-0.2, -0.15) is 5.10 Å². The van der Waals surface area contributed by atoms with Crippen LogP contribution in [0.1, 0.15) is 23.1 Å². The van der Waals surface area contributed by atoms with Crippen LogP contribution >= 0.6 is 0 Å². The van der Waals surface area contributed by atoms with E-state index in [1.165, 1.54) is 11.6 Å². The van der Waals surface area contributed by atoms with Crippen molar-refractivity contribution in [3.63, 3.8) is 0 Å². The Morgan fingerprint density at radius 2 is 2.07 bits per heavy atom. The number of anilines is 1. The van der Waals surface area contributed by atoms with Crippen molar-refractivity contribution in [2.45, 2.75) is 13.8 Å². The van der Waals surface area contributed by atoms with Crippen LogP contribution in [-0.2, 0) is 11.8 Å². The largest absolute Gasteiger partial charge is 0.364 e. The van der Waals surface area contributed by atoms with Crippen LogP contribution < -0.4 is 11.1 Å². The lowest BCUT2D eigenvalue weighted by Gasteiger charge is -2.02. The zero-order valence-corrected chi connectivity index (χ0v) is 8.29. The normalized spacial score (nSPS) is 9.93. The predicted octanol–water partition coefficient (Wildman–Crippen LogP) is -0.214. The summed E-state index contributed by atoms with van der Waals surface area (Å²) in [6, 6.07) is 0. The van der Waals surface area contributed by atoms with Crippen LogP contribution in [-0.4, -0.2) is 21.6 Å². The van der Waals surface area contributed by atoms with Gasteiger partial charge in [-0.3, -0.25) is 14.3 Å². The summed E-state index contributed by atoms with van der Waals surface area (Å²) in [5.74, 6) is -0.875. The Morgan fingerprint density at radius 3 is 2.50 bits per heavy atom. The highest BCUT2D eigenvalue weighted by Crippen LogP contribution is 2.18. The predicted molar refractivity (Wildman–Crippen MR) is 50.8 cm³/mol. The molecule has 6 nitrogen and oxygen atoms in total. The summed E-state index contributed by atoms with van der Waals surface area (Å²) >= 11 is 0. The highest BCUT2D eigenvalue weighted by atomic mass is 16.2. The number of nitrogens with two attached hydrogens (primary N) is 1. The van der Waals surface area contributed by atoms with Crippen molar-refractivity contribution in [3.8, 4) is 0 Å². The van der Waals surface area contributed by atoms with Gasteiger partial charge in [-0.25, -0.2) is 0 Å². The molecule has 1 heterocycles. The summed E-state index contributed by atoms with van der Waals surface area (Å²) < 4.78 is 1.35. The molecule has 3 N–H and O–H groups in total. The first kappa shape index (κ1) is 10.2. The maximum absolute atomic E-state index is 11.0. The quantitative estimate of drug-likeness (QED) is 0.685. The van der Waals surface area contributed by atoms with Crippen LogP contribution in [0, 0.1) is 6.92 Å². The SMILES string of the molecule is CC(=O)Nc1c(C)nn(C)c1C(N)=O. The molecule has 6 heteroatoms. The maximum Gasteiger partial charge on any atom is 0.269 e. The van der Waals surface area contributed by atoms with E-state index in [4.69, 9.17) is 5.73 Å². The lowest BCUT2D eigenvalue weighted by atomic mass is 10.3. The topological polar surface area (TPSA) is 90.0 Å². The van der Waals surface area contributed by atoms with Gasteiger partial charge in [0.2, 0.25) is 5.91 Å². The zero-order chi connectivity index (χ0) is 10.9. The van der Waals surface area contributed by atoms with E-state index in [0.717, 1.165) is 0 Å². The van der Waals surface area contributed by atoms with Gasteiger partial charge < -0.3 is 11.1 Å². The first-order chi connectivity index (χ1) is 6.43. The second-order valence-corrected chi connectivity index (χ2v) is 2.98. The molecular formula is C8H12N4O2. The molecule has 0 unspecified atom stereocenters. The number of amides is 2. The Morgan fingerprint density at radius 1 is 1.50 bits per heavy atom. The number of nitrogens with one attached hydrogen (secondary N) is 1. The first-order valence-corrected chi connectivity index (χ1v) is 4.04. The van der Waals surface area contributed by atoms with Gasteiger partial charge in [-0.15, -0.1) is 0 Å². The number of hydrogen-bond acceptors (Lipinski definition) is 3. The molecule has 0 spiro atoms. The molecule has 2 amide bonds. The minimum absolute atomic E-state index is 0.206. The number of hydrogen-bond donors (Lipinski definition) is 2. The highest BCUT2D eigenvalue weighted by Gasteiger charge is 2.18. The van der Waals surface area contributed by atoms with Gasteiger partial charge in [0, 0.05) is 14.0 Å². The minimum Gasteiger partial charge on any atom is -0.364 e. The lowest BCUT2D eigenvalue weighted by molar-refractivity contribution is -0.114. The minimum atomic E-state index is -0.614. The van der Waals surface area contributed by atoms with Crippen molar-refractivity contribution < 1.29 is 9.59 Å². The van der Waals surface area contributed by atoms with Gasteiger partial charge in [0.15, 0.2) is 0 Å². The van der Waals surface area contributed by atoms with E-state index in [1.807, 2.05) is 0 Å². The molecule has 0 aliphatic carbocycles. The molecule has 0 aliphatic heterocycles. The monoisotopic (exact) mass is 196 g/mol. The molecule has 0 fully saturated rings. The molecule has 0 bridgehead atoms. The molecule has 0 aromatic carbocycles. The standard InChI is InChI=1S/C8H12N4O2/c1-4-6(10-5(2)13)7(8(9)14)12(3)11-4/h1-3H3,(H2,9,14)(H,10,13). The molecule has 0 saturated carbocycles. The lowest BCUT2D eigenvalue weighted by Crippen LogP contribution is -2.19. The Hall–Kier alpha value is -1.85. The average molecular weight is 196 g/mol. The van der Waals surface area contributed by atoms with Crippen LogP contribution in [0.25, 0.3) is 0 Å². The van der Waals surface area contributed by atoms with Crippen molar-refractivity contribution in [1.29, 1.82) is 0 Å². The second kappa shape index (κ2) is 3.49. The van der Waals surface area contributed by atoms with Gasteiger partial charge in [0.25, 0.3) is 5.91 Å². The zero-order valence-electron chi connectivity index (χ0n) is 8.29. The number of aromatic nitrogens is 2. The van der Waals surface area contributed by atoms with Crippen LogP contribution in [0.2, 0.25) is 0 Å². The molecule has 14 heavy (non-hydrogen) atoms. The summed E-state index contributed by atoms with van der Waals surface area (Å²) in [5, 5.41) is 6.51. The smallest absolute Gasteiger partial charge is 0.269 e. The van der Waals surface area contributed by atoms with E-state index in [2.05, 4.69) is 10.4 Å². The first-order valence-electron chi connectivity index (χ1n) is 4.04. The van der Waals surface area contributed by atoms with Crippen molar-refractivity contribution in [1.82, 2.24) is 9.78 Å². The number of nitrogens with zero attached hydrogens (tertiary/aromatic N) is 2. The third-order valence-electron chi connectivity index (χ3n) is 1.76. The van der Waals surface area contributed by atoms with E-state index in [9.17, 15) is 9.59 Å². The van der Waals surface area contributed by atoms with Crippen LogP contribution in [0.15, 0.2) is 0 Å². The molecule has 0 atom stereocenters. The average Bonchev–Trinajstić information content (AvgIpc) is 2.25. The Labute approximate surface area is 81.1 Å². The fourth-order valence-corrected chi connectivity index (χ4v) is 1.27. The van der Waals surface area contributed by atoms with E-state index >= 15 is 0 Å². The molecule has 1 aromatic heterocycles. The van der Waals surface area contributed by atoms with Crippen LogP contribution in [0.4, 0.5) is 5.69 Å². The fourth-order valence-electron chi connectivity index (χ4n) is 1.27. The summed E-state index contributed by atoms with van der Waals surface area (Å²) in [4.78, 5) is 21.9. The molecule has 76 valence electrons. The summed E-state index contributed by atoms with van der Waals surface area (Å²) in [6.07, 6.45) is 0. The van der Waals surface area contributed by atoms with Gasteiger partial charge in [-0.05, 0) is 6.92 Å². The van der Waals surface area contributed by atoms with Gasteiger partial charge in [0.05, 0.1) is 11.4 Å². The molecule has 1 rings (SSSR count). The number of primary amides is 1. The highest BCUT2D eigenvalue weighted by molar-refractivity contribution is 6.01. The molecule has 0 aliphatic rings. The Bertz CT molecular complexity index is 394. The fraction of sp³-hybridized carbons (Fsp3) is 0.375. The van der Waals surface area contributed by atoms with Gasteiger partial charge >= 0.3 is 0 Å². The molecule has 0 saturated heterocycles. The van der Waals surface area contributed by atoms with Gasteiger partial charge in [-0.1, -0.05) is 0 Å². The number of carbonyl (C=O) groups excluding carboxylic acids is 2. The number of carbonyl (C=O) groups is 2. The second-order valence-electron chi connectivity index (χ2n) is 2.98. The third kappa shape index (κ3) is 1.73.